The molecule has 174 valence electrons. The fourth-order valence-corrected chi connectivity index (χ4v) is 5.20. The van der Waals surface area contributed by atoms with Gasteiger partial charge < -0.3 is 20.7 Å². The van der Waals surface area contributed by atoms with Crippen LogP contribution < -0.4 is 26.0 Å². The van der Waals surface area contributed by atoms with Gasteiger partial charge >= 0.3 is 0 Å². The number of carbonyl (C=O) groups excluding carboxylic acids is 3. The first-order valence-electron chi connectivity index (χ1n) is 10.9. The molecule has 1 aromatic rings. The SMILES string of the molecule is CC(=O)NC1CCC(C(=O)NC23CC(C2)[C@@H](NC(=O)COc2ccc(Cl)c(F)c2)C3)CN1. The summed E-state index contributed by atoms with van der Waals surface area (Å²) in [6, 6.07) is 4.02. The molecular weight excluding hydrogens is 439 g/mol. The Bertz CT molecular complexity index is 900. The molecule has 4 fully saturated rings. The predicted octanol–water partition coefficient (Wildman–Crippen LogP) is 1.47. The predicted molar refractivity (Wildman–Crippen MR) is 115 cm³/mol. The Morgan fingerprint density at radius 1 is 1.22 bits per heavy atom. The minimum atomic E-state index is -0.599. The molecule has 0 spiro atoms. The first-order valence-corrected chi connectivity index (χ1v) is 11.3. The van der Waals surface area contributed by atoms with Gasteiger partial charge in [0.05, 0.1) is 17.1 Å². The second-order valence-corrected chi connectivity index (χ2v) is 9.52. The molecule has 3 atom stereocenters. The molecule has 0 aromatic heterocycles. The molecule has 32 heavy (non-hydrogen) atoms. The summed E-state index contributed by atoms with van der Waals surface area (Å²) >= 11 is 5.64. The largest absolute Gasteiger partial charge is 0.484 e. The van der Waals surface area contributed by atoms with Crippen molar-refractivity contribution in [1.29, 1.82) is 0 Å². The van der Waals surface area contributed by atoms with E-state index in [2.05, 4.69) is 21.3 Å². The third-order valence-electron chi connectivity index (χ3n) is 6.64. The minimum Gasteiger partial charge on any atom is -0.484 e. The van der Waals surface area contributed by atoms with Crippen molar-refractivity contribution < 1.29 is 23.5 Å². The van der Waals surface area contributed by atoms with Crippen LogP contribution in [-0.4, -0.2) is 48.6 Å². The molecule has 10 heteroatoms. The Balaban J connectivity index is 1.20. The Hall–Kier alpha value is -2.39. The highest BCUT2D eigenvalue weighted by atomic mass is 35.5. The Kier molecular flexibility index (Phi) is 6.57. The van der Waals surface area contributed by atoms with Gasteiger partial charge in [0.25, 0.3) is 5.91 Å². The lowest BCUT2D eigenvalue weighted by Crippen LogP contribution is -2.57. The molecule has 1 aliphatic heterocycles. The highest BCUT2D eigenvalue weighted by Gasteiger charge is 2.57. The number of carbonyl (C=O) groups is 3. The smallest absolute Gasteiger partial charge is 0.258 e. The Morgan fingerprint density at radius 2 is 2.00 bits per heavy atom. The highest BCUT2D eigenvalue weighted by molar-refractivity contribution is 6.30. The fraction of sp³-hybridized carbons (Fsp3) is 0.591. The second-order valence-electron chi connectivity index (χ2n) is 9.12. The third-order valence-corrected chi connectivity index (χ3v) is 6.95. The van der Waals surface area contributed by atoms with Gasteiger partial charge in [-0.15, -0.1) is 0 Å². The van der Waals surface area contributed by atoms with Crippen LogP contribution in [0.5, 0.6) is 5.75 Å². The number of hydrogen-bond donors (Lipinski definition) is 4. The van der Waals surface area contributed by atoms with E-state index in [9.17, 15) is 18.8 Å². The molecule has 1 heterocycles. The summed E-state index contributed by atoms with van der Waals surface area (Å²) in [5.41, 5.74) is -0.256. The first kappa shape index (κ1) is 22.8. The van der Waals surface area contributed by atoms with Crippen molar-refractivity contribution in [3.05, 3.63) is 29.0 Å². The first-order chi connectivity index (χ1) is 15.2. The van der Waals surface area contributed by atoms with Gasteiger partial charge in [0, 0.05) is 31.1 Å². The summed E-state index contributed by atoms with van der Waals surface area (Å²) in [7, 11) is 0. The van der Waals surface area contributed by atoms with Crippen LogP contribution in [-0.2, 0) is 14.4 Å². The zero-order chi connectivity index (χ0) is 22.9. The van der Waals surface area contributed by atoms with Crippen molar-refractivity contribution in [2.75, 3.05) is 13.2 Å². The molecule has 0 radical (unpaired) electrons. The number of rotatable bonds is 7. The van der Waals surface area contributed by atoms with Gasteiger partial charge in [-0.3, -0.25) is 19.7 Å². The Labute approximate surface area is 191 Å². The van der Waals surface area contributed by atoms with Crippen LogP contribution in [0.4, 0.5) is 4.39 Å². The van der Waals surface area contributed by atoms with E-state index >= 15 is 0 Å². The highest BCUT2D eigenvalue weighted by Crippen LogP contribution is 2.52. The lowest BCUT2D eigenvalue weighted by molar-refractivity contribution is -0.128. The zero-order valence-corrected chi connectivity index (χ0v) is 18.6. The lowest BCUT2D eigenvalue weighted by Gasteiger charge is -2.40. The maximum atomic E-state index is 13.5. The molecule has 3 amide bonds. The maximum Gasteiger partial charge on any atom is 0.258 e. The fourth-order valence-electron chi connectivity index (χ4n) is 5.08. The average molecular weight is 467 g/mol. The third kappa shape index (κ3) is 5.15. The van der Waals surface area contributed by atoms with E-state index in [-0.39, 0.29) is 58.8 Å². The van der Waals surface area contributed by atoms with Crippen LogP contribution in [0.25, 0.3) is 0 Å². The summed E-state index contributed by atoms with van der Waals surface area (Å²) < 4.78 is 18.8. The summed E-state index contributed by atoms with van der Waals surface area (Å²) in [6.07, 6.45) is 3.73. The number of ether oxygens (including phenoxy) is 1. The second kappa shape index (κ2) is 9.23. The van der Waals surface area contributed by atoms with Gasteiger partial charge in [-0.2, -0.15) is 0 Å². The monoisotopic (exact) mass is 466 g/mol. The number of hydrogen-bond acceptors (Lipinski definition) is 5. The van der Waals surface area contributed by atoms with Crippen LogP contribution in [0, 0.1) is 17.7 Å². The van der Waals surface area contributed by atoms with E-state index < -0.39 is 5.82 Å². The number of amides is 3. The molecule has 8 nitrogen and oxygen atoms in total. The van der Waals surface area contributed by atoms with Crippen molar-refractivity contribution in [3.63, 3.8) is 0 Å². The molecule has 5 rings (SSSR count). The van der Waals surface area contributed by atoms with E-state index in [1.807, 2.05) is 0 Å². The van der Waals surface area contributed by atoms with Gasteiger partial charge in [0.1, 0.15) is 11.6 Å². The van der Waals surface area contributed by atoms with E-state index in [0.29, 0.717) is 31.7 Å². The average Bonchev–Trinajstić information content (AvgIpc) is 3.22. The van der Waals surface area contributed by atoms with Crippen LogP contribution in [0.15, 0.2) is 18.2 Å². The number of benzene rings is 1. The molecule has 1 aromatic carbocycles. The van der Waals surface area contributed by atoms with Crippen molar-refractivity contribution in [2.24, 2.45) is 11.8 Å². The molecule has 3 saturated carbocycles. The molecule has 3 aliphatic carbocycles. The molecule has 4 aliphatic rings. The molecule has 1 saturated heterocycles. The van der Waals surface area contributed by atoms with Gasteiger partial charge in [0.2, 0.25) is 11.8 Å². The summed E-state index contributed by atoms with van der Waals surface area (Å²) in [5, 5.41) is 12.2. The van der Waals surface area contributed by atoms with E-state index in [4.69, 9.17) is 16.3 Å². The quantitative estimate of drug-likeness (QED) is 0.486. The standard InChI is InChI=1S/C22H28ClFN4O4/c1-12(29)26-19-5-2-13(10-25-19)21(31)28-22-7-14(8-22)18(9-22)27-20(30)11-32-15-3-4-16(23)17(24)6-15/h3-4,6,13-14,18-19,25H,2,5,7-11H2,1H3,(H,26,29)(H,27,30)(H,28,31)/t13?,14?,18-,19?,22?/m0/s1. The minimum absolute atomic E-state index is 0.00331. The topological polar surface area (TPSA) is 109 Å². The number of nitrogens with one attached hydrogen (secondary N) is 4. The van der Waals surface area contributed by atoms with Gasteiger partial charge in [-0.1, -0.05) is 11.6 Å². The summed E-state index contributed by atoms with van der Waals surface area (Å²) in [4.78, 5) is 36.2. The van der Waals surface area contributed by atoms with Crippen LogP contribution in [0.1, 0.15) is 39.0 Å². The van der Waals surface area contributed by atoms with Crippen molar-refractivity contribution in [2.45, 2.75) is 56.8 Å². The number of fused-ring (bicyclic) bond motifs is 1. The van der Waals surface area contributed by atoms with Crippen molar-refractivity contribution >= 4 is 29.3 Å². The van der Waals surface area contributed by atoms with Crippen LogP contribution in [0.2, 0.25) is 5.02 Å². The molecular formula is C22H28ClFN4O4. The molecule has 4 N–H and O–H groups in total. The van der Waals surface area contributed by atoms with Crippen LogP contribution >= 0.6 is 11.6 Å². The van der Waals surface area contributed by atoms with Crippen LogP contribution in [0.3, 0.4) is 0 Å². The van der Waals surface area contributed by atoms with E-state index in [1.165, 1.54) is 19.1 Å². The maximum absolute atomic E-state index is 13.5. The zero-order valence-electron chi connectivity index (χ0n) is 17.9. The Morgan fingerprint density at radius 3 is 2.66 bits per heavy atom. The number of halogens is 2. The van der Waals surface area contributed by atoms with E-state index in [1.54, 1.807) is 0 Å². The summed E-state index contributed by atoms with van der Waals surface area (Å²) in [5.74, 6) is -0.496. The van der Waals surface area contributed by atoms with E-state index in [0.717, 1.165) is 18.9 Å². The molecule has 2 unspecified atom stereocenters. The normalized spacial score (nSPS) is 30.7. The lowest BCUT2D eigenvalue weighted by atomic mass is 9.76. The van der Waals surface area contributed by atoms with Gasteiger partial charge in [-0.05, 0) is 50.2 Å². The van der Waals surface area contributed by atoms with Gasteiger partial charge in [0.15, 0.2) is 6.61 Å². The number of piperidine rings is 1. The van der Waals surface area contributed by atoms with Crippen molar-refractivity contribution in [3.8, 4) is 5.75 Å². The molecule has 2 bridgehead atoms. The van der Waals surface area contributed by atoms with Gasteiger partial charge in [-0.25, -0.2) is 4.39 Å². The summed E-state index contributed by atoms with van der Waals surface area (Å²) in [6.45, 7) is 1.79. The van der Waals surface area contributed by atoms with Crippen molar-refractivity contribution in [1.82, 2.24) is 21.3 Å².